The van der Waals surface area contributed by atoms with Gasteiger partial charge in [0.25, 0.3) is 0 Å². The number of likely N-dealkylation sites (tertiary alicyclic amines) is 2. The fourth-order valence-corrected chi connectivity index (χ4v) is 4.48. The van der Waals surface area contributed by atoms with Crippen LogP contribution in [0.4, 0.5) is 0 Å². The van der Waals surface area contributed by atoms with E-state index >= 15 is 0 Å². The third kappa shape index (κ3) is 3.54. The van der Waals surface area contributed by atoms with Crippen LogP contribution < -0.4 is 0 Å². The van der Waals surface area contributed by atoms with Crippen LogP contribution in [-0.4, -0.2) is 61.5 Å². The molecule has 3 fully saturated rings. The lowest BCUT2D eigenvalue weighted by Gasteiger charge is -2.48. The number of piperidine rings is 2. The van der Waals surface area contributed by atoms with E-state index in [-0.39, 0.29) is 17.2 Å². The average Bonchev–Trinajstić information content (AvgIpc) is 2.53. The number of hydrogen-bond acceptors (Lipinski definition) is 3. The first-order chi connectivity index (χ1) is 11.0. The third-order valence-electron chi connectivity index (χ3n) is 6.17. The van der Waals surface area contributed by atoms with Crippen molar-refractivity contribution in [3.63, 3.8) is 0 Å². The number of nitrogens with zero attached hydrogens (tertiary/aromatic N) is 2. The zero-order chi connectivity index (χ0) is 16.4. The Morgan fingerprint density at radius 1 is 1.26 bits per heavy atom. The molecular formula is C18H30N2O3. The Morgan fingerprint density at radius 3 is 2.57 bits per heavy atom. The van der Waals surface area contributed by atoms with Crippen molar-refractivity contribution in [1.29, 1.82) is 0 Å². The van der Waals surface area contributed by atoms with Gasteiger partial charge in [-0.25, -0.2) is 0 Å². The van der Waals surface area contributed by atoms with E-state index in [1.54, 1.807) is 7.11 Å². The molecule has 5 nitrogen and oxygen atoms in total. The number of methoxy groups -OCH3 is 1. The summed E-state index contributed by atoms with van der Waals surface area (Å²) in [5, 5.41) is 0. The summed E-state index contributed by atoms with van der Waals surface area (Å²) >= 11 is 0. The van der Waals surface area contributed by atoms with Gasteiger partial charge < -0.3 is 14.5 Å². The number of hydrogen-bond donors (Lipinski definition) is 0. The second kappa shape index (κ2) is 6.80. The Kier molecular flexibility index (Phi) is 4.95. The second-order valence-corrected chi connectivity index (χ2v) is 7.91. The monoisotopic (exact) mass is 322 g/mol. The predicted octanol–water partition coefficient (Wildman–Crippen LogP) is 1.91. The lowest BCUT2D eigenvalue weighted by Crippen LogP contribution is -2.54. The molecule has 130 valence electrons. The maximum absolute atomic E-state index is 12.5. The second-order valence-electron chi connectivity index (χ2n) is 7.91. The van der Waals surface area contributed by atoms with Crippen molar-refractivity contribution in [2.45, 2.75) is 45.4 Å². The van der Waals surface area contributed by atoms with Crippen LogP contribution in [0.2, 0.25) is 0 Å². The molecule has 1 aliphatic carbocycles. The fourth-order valence-electron chi connectivity index (χ4n) is 4.48. The average molecular weight is 322 g/mol. The van der Waals surface area contributed by atoms with Crippen LogP contribution >= 0.6 is 0 Å². The molecule has 1 spiro atoms. The Bertz CT molecular complexity index is 451. The first-order valence-electron chi connectivity index (χ1n) is 9.08. The highest BCUT2D eigenvalue weighted by Crippen LogP contribution is 2.41. The molecule has 2 heterocycles. The molecule has 5 heteroatoms. The van der Waals surface area contributed by atoms with Crippen molar-refractivity contribution in [3.05, 3.63) is 0 Å². The molecule has 2 aliphatic heterocycles. The highest BCUT2D eigenvalue weighted by molar-refractivity contribution is 5.80. The van der Waals surface area contributed by atoms with Crippen LogP contribution in [-0.2, 0) is 14.3 Å². The Morgan fingerprint density at radius 2 is 1.96 bits per heavy atom. The normalized spacial score (nSPS) is 30.4. The van der Waals surface area contributed by atoms with E-state index in [0.29, 0.717) is 25.5 Å². The molecule has 0 aromatic heterocycles. The summed E-state index contributed by atoms with van der Waals surface area (Å²) in [6.07, 6.45) is 5.85. The molecule has 0 aromatic carbocycles. The van der Waals surface area contributed by atoms with Crippen LogP contribution in [0, 0.1) is 17.3 Å². The quantitative estimate of drug-likeness (QED) is 0.794. The molecule has 3 aliphatic rings. The molecule has 0 unspecified atom stereocenters. The molecule has 0 aromatic rings. The number of amides is 2. The maximum atomic E-state index is 12.5. The van der Waals surface area contributed by atoms with Crippen molar-refractivity contribution in [1.82, 2.24) is 9.80 Å². The summed E-state index contributed by atoms with van der Waals surface area (Å²) in [7, 11) is 1.68. The van der Waals surface area contributed by atoms with Gasteiger partial charge in [-0.05, 0) is 43.4 Å². The molecule has 0 atom stereocenters. The van der Waals surface area contributed by atoms with E-state index in [1.165, 1.54) is 0 Å². The molecule has 23 heavy (non-hydrogen) atoms. The summed E-state index contributed by atoms with van der Waals surface area (Å²) < 4.78 is 5.12. The summed E-state index contributed by atoms with van der Waals surface area (Å²) in [6.45, 7) is 6.11. The summed E-state index contributed by atoms with van der Waals surface area (Å²) in [5.74, 6) is 1.64. The van der Waals surface area contributed by atoms with Gasteiger partial charge in [0.15, 0.2) is 0 Å². The topological polar surface area (TPSA) is 49.9 Å². The molecular weight excluding hydrogens is 292 g/mol. The standard InChI is InChI=1S/C18H30N2O3/c1-14-11-15(12-14)17(22)19-7-5-18(6-8-19)4-3-16(21)20(13-18)9-10-23-2/h14-15H,3-13H2,1-2H3. The summed E-state index contributed by atoms with van der Waals surface area (Å²) in [4.78, 5) is 28.6. The fraction of sp³-hybridized carbons (Fsp3) is 0.889. The van der Waals surface area contributed by atoms with Gasteiger partial charge in [-0.15, -0.1) is 0 Å². The van der Waals surface area contributed by atoms with E-state index in [9.17, 15) is 9.59 Å². The minimum atomic E-state index is 0.228. The van der Waals surface area contributed by atoms with Crippen LogP contribution in [0.25, 0.3) is 0 Å². The smallest absolute Gasteiger partial charge is 0.225 e. The molecule has 0 radical (unpaired) electrons. The van der Waals surface area contributed by atoms with Gasteiger partial charge in [0.2, 0.25) is 11.8 Å². The summed E-state index contributed by atoms with van der Waals surface area (Å²) in [6, 6.07) is 0. The zero-order valence-electron chi connectivity index (χ0n) is 14.6. The molecule has 3 rings (SSSR count). The highest BCUT2D eigenvalue weighted by Gasteiger charge is 2.43. The molecule has 1 saturated carbocycles. The lowest BCUT2D eigenvalue weighted by atomic mass is 9.71. The van der Waals surface area contributed by atoms with Gasteiger partial charge in [-0.3, -0.25) is 9.59 Å². The highest BCUT2D eigenvalue weighted by atomic mass is 16.5. The van der Waals surface area contributed by atoms with Crippen molar-refractivity contribution in [2.75, 3.05) is 39.9 Å². The maximum Gasteiger partial charge on any atom is 0.225 e. The molecule has 0 N–H and O–H groups in total. The number of ether oxygens (including phenoxy) is 1. The number of carbonyl (C=O) groups is 2. The van der Waals surface area contributed by atoms with Crippen molar-refractivity contribution < 1.29 is 14.3 Å². The molecule has 2 amide bonds. The minimum Gasteiger partial charge on any atom is -0.383 e. The van der Waals surface area contributed by atoms with E-state index in [4.69, 9.17) is 4.74 Å². The Hall–Kier alpha value is -1.10. The van der Waals surface area contributed by atoms with E-state index in [2.05, 4.69) is 11.8 Å². The van der Waals surface area contributed by atoms with Gasteiger partial charge in [-0.2, -0.15) is 0 Å². The SMILES string of the molecule is COCCN1CC2(CCC1=O)CCN(C(=O)C1CC(C)C1)CC2. The molecule has 2 saturated heterocycles. The van der Waals surface area contributed by atoms with Crippen LogP contribution in [0.15, 0.2) is 0 Å². The van der Waals surface area contributed by atoms with Crippen molar-refractivity contribution >= 4 is 11.8 Å². The Labute approximate surface area is 139 Å². The van der Waals surface area contributed by atoms with E-state index < -0.39 is 0 Å². The molecule has 0 bridgehead atoms. The van der Waals surface area contributed by atoms with Gasteiger partial charge in [-0.1, -0.05) is 6.92 Å². The zero-order valence-corrected chi connectivity index (χ0v) is 14.6. The van der Waals surface area contributed by atoms with Crippen molar-refractivity contribution in [2.24, 2.45) is 17.3 Å². The first-order valence-corrected chi connectivity index (χ1v) is 9.08. The lowest BCUT2D eigenvalue weighted by molar-refractivity contribution is -0.147. The van der Waals surface area contributed by atoms with Gasteiger partial charge in [0.1, 0.15) is 0 Å². The van der Waals surface area contributed by atoms with Gasteiger partial charge in [0, 0.05) is 45.6 Å². The predicted molar refractivity (Wildman–Crippen MR) is 87.8 cm³/mol. The van der Waals surface area contributed by atoms with E-state index in [1.807, 2.05) is 4.90 Å². The van der Waals surface area contributed by atoms with E-state index in [0.717, 1.165) is 57.7 Å². The van der Waals surface area contributed by atoms with Gasteiger partial charge >= 0.3 is 0 Å². The first kappa shape index (κ1) is 16.7. The van der Waals surface area contributed by atoms with Crippen LogP contribution in [0.1, 0.15) is 45.4 Å². The Balaban J connectivity index is 1.53. The van der Waals surface area contributed by atoms with Crippen LogP contribution in [0.5, 0.6) is 0 Å². The number of rotatable bonds is 4. The van der Waals surface area contributed by atoms with Crippen molar-refractivity contribution in [3.8, 4) is 0 Å². The minimum absolute atomic E-state index is 0.228. The third-order valence-corrected chi connectivity index (χ3v) is 6.17. The largest absolute Gasteiger partial charge is 0.383 e. The van der Waals surface area contributed by atoms with Crippen LogP contribution in [0.3, 0.4) is 0 Å². The summed E-state index contributed by atoms with van der Waals surface area (Å²) in [5.41, 5.74) is 0.228. The van der Waals surface area contributed by atoms with Gasteiger partial charge in [0.05, 0.1) is 6.61 Å². The number of carbonyl (C=O) groups excluding carboxylic acids is 2.